The topological polar surface area (TPSA) is 110 Å². The summed E-state index contributed by atoms with van der Waals surface area (Å²) in [6.45, 7) is 0.938. The third kappa shape index (κ3) is 4.30. The molecule has 0 bridgehead atoms. The van der Waals surface area contributed by atoms with E-state index >= 15 is 0 Å². The van der Waals surface area contributed by atoms with Crippen LogP contribution in [0.5, 0.6) is 11.5 Å². The number of furan rings is 1. The summed E-state index contributed by atoms with van der Waals surface area (Å²) in [5, 5.41) is 15.0. The maximum absolute atomic E-state index is 11.8. The molecule has 1 aromatic heterocycles. The van der Waals surface area contributed by atoms with E-state index in [2.05, 4.69) is 10.6 Å². The van der Waals surface area contributed by atoms with Crippen LogP contribution in [0.1, 0.15) is 17.4 Å². The standard InChI is InChI=1S/C17H18N2O6/c20-13(11-3-4-14-15(8-11)25-7-6-24-14)10-19-17(22)16(21)18-9-12-2-1-5-23-12/h1-5,8,13,20H,6-7,9-10H2,(H,18,21)(H,19,22)/t13-/m1/s1. The Labute approximate surface area is 143 Å². The molecule has 0 saturated carbocycles. The van der Waals surface area contributed by atoms with E-state index in [1.165, 1.54) is 6.26 Å². The second kappa shape index (κ2) is 7.71. The SMILES string of the molecule is O=C(NCc1ccco1)C(=O)NC[C@@H](O)c1ccc2c(c1)OCCO2. The molecule has 2 aromatic rings. The molecule has 2 heterocycles. The number of rotatable bonds is 5. The van der Waals surface area contributed by atoms with Gasteiger partial charge in [-0.3, -0.25) is 9.59 Å². The van der Waals surface area contributed by atoms with Crippen LogP contribution in [0.3, 0.4) is 0 Å². The Balaban J connectivity index is 1.48. The van der Waals surface area contributed by atoms with E-state index in [1.807, 2.05) is 0 Å². The van der Waals surface area contributed by atoms with Gasteiger partial charge in [-0.2, -0.15) is 0 Å². The molecule has 8 heteroatoms. The normalized spacial score (nSPS) is 13.8. The lowest BCUT2D eigenvalue weighted by Crippen LogP contribution is -2.41. The highest BCUT2D eigenvalue weighted by Gasteiger charge is 2.18. The Hall–Kier alpha value is -3.00. The van der Waals surface area contributed by atoms with E-state index in [0.717, 1.165) is 0 Å². The molecule has 1 aromatic carbocycles. The van der Waals surface area contributed by atoms with E-state index in [0.29, 0.717) is 36.0 Å². The zero-order valence-corrected chi connectivity index (χ0v) is 13.4. The second-order valence-corrected chi connectivity index (χ2v) is 5.39. The van der Waals surface area contributed by atoms with Crippen molar-refractivity contribution in [2.45, 2.75) is 12.6 Å². The Bertz CT molecular complexity index is 744. The number of ether oxygens (including phenoxy) is 2. The molecule has 0 spiro atoms. The monoisotopic (exact) mass is 346 g/mol. The molecule has 1 aliphatic rings. The number of aliphatic hydroxyl groups excluding tert-OH is 1. The molecule has 1 aliphatic heterocycles. The molecule has 0 saturated heterocycles. The minimum atomic E-state index is -0.974. The summed E-state index contributed by atoms with van der Waals surface area (Å²) < 4.78 is 15.9. The van der Waals surface area contributed by atoms with Crippen LogP contribution in [0.4, 0.5) is 0 Å². The zero-order valence-electron chi connectivity index (χ0n) is 13.4. The first-order valence-corrected chi connectivity index (χ1v) is 7.79. The van der Waals surface area contributed by atoms with Crippen LogP contribution in [0.15, 0.2) is 41.0 Å². The summed E-state index contributed by atoms with van der Waals surface area (Å²) in [6, 6.07) is 8.41. The highest BCUT2D eigenvalue weighted by Crippen LogP contribution is 2.32. The molecule has 0 fully saturated rings. The Kier molecular flexibility index (Phi) is 5.20. The fourth-order valence-electron chi connectivity index (χ4n) is 2.32. The third-order valence-electron chi connectivity index (χ3n) is 3.62. The fraction of sp³-hybridized carbons (Fsp3) is 0.294. The van der Waals surface area contributed by atoms with Crippen LogP contribution in [-0.2, 0) is 16.1 Å². The zero-order chi connectivity index (χ0) is 17.6. The van der Waals surface area contributed by atoms with E-state index in [9.17, 15) is 14.7 Å². The number of aliphatic hydroxyl groups is 1. The lowest BCUT2D eigenvalue weighted by Gasteiger charge is -2.20. The second-order valence-electron chi connectivity index (χ2n) is 5.39. The predicted molar refractivity (Wildman–Crippen MR) is 86.0 cm³/mol. The van der Waals surface area contributed by atoms with Crippen LogP contribution in [0.25, 0.3) is 0 Å². The Morgan fingerprint density at radius 3 is 2.60 bits per heavy atom. The van der Waals surface area contributed by atoms with Gasteiger partial charge < -0.3 is 29.6 Å². The molecule has 3 rings (SSSR count). The number of hydrogen-bond donors (Lipinski definition) is 3. The lowest BCUT2D eigenvalue weighted by atomic mass is 10.1. The maximum Gasteiger partial charge on any atom is 0.309 e. The van der Waals surface area contributed by atoms with Crippen molar-refractivity contribution in [2.24, 2.45) is 0 Å². The van der Waals surface area contributed by atoms with Gasteiger partial charge in [-0.25, -0.2) is 0 Å². The molecule has 3 N–H and O–H groups in total. The minimum absolute atomic E-state index is 0.105. The van der Waals surface area contributed by atoms with Crippen molar-refractivity contribution in [2.75, 3.05) is 19.8 Å². The minimum Gasteiger partial charge on any atom is -0.486 e. The van der Waals surface area contributed by atoms with Gasteiger partial charge in [0.2, 0.25) is 0 Å². The molecule has 2 amide bonds. The summed E-state index contributed by atoms with van der Waals surface area (Å²) in [6.07, 6.45) is 0.503. The van der Waals surface area contributed by atoms with Gasteiger partial charge in [0.15, 0.2) is 11.5 Å². The molecule has 0 aliphatic carbocycles. The molecule has 132 valence electrons. The van der Waals surface area contributed by atoms with E-state index < -0.39 is 17.9 Å². The average Bonchev–Trinajstić information content (AvgIpc) is 3.17. The molecule has 0 radical (unpaired) electrons. The summed E-state index contributed by atoms with van der Waals surface area (Å²) in [7, 11) is 0. The van der Waals surface area contributed by atoms with Gasteiger partial charge in [0.05, 0.1) is 18.9 Å². The van der Waals surface area contributed by atoms with Crippen LogP contribution >= 0.6 is 0 Å². The van der Waals surface area contributed by atoms with Crippen molar-refractivity contribution in [3.63, 3.8) is 0 Å². The molecule has 8 nitrogen and oxygen atoms in total. The van der Waals surface area contributed by atoms with Gasteiger partial charge in [0.25, 0.3) is 0 Å². The lowest BCUT2D eigenvalue weighted by molar-refractivity contribution is -0.139. The quantitative estimate of drug-likeness (QED) is 0.681. The van der Waals surface area contributed by atoms with E-state index in [1.54, 1.807) is 30.3 Å². The average molecular weight is 346 g/mol. The summed E-state index contributed by atoms with van der Waals surface area (Å²) in [5.41, 5.74) is 0.556. The van der Waals surface area contributed by atoms with Gasteiger partial charge in [-0.1, -0.05) is 6.07 Å². The van der Waals surface area contributed by atoms with Gasteiger partial charge in [0.1, 0.15) is 19.0 Å². The smallest absolute Gasteiger partial charge is 0.309 e. The number of carbonyl (C=O) groups is 2. The molecular formula is C17H18N2O6. The van der Waals surface area contributed by atoms with Gasteiger partial charge in [0, 0.05) is 6.54 Å². The van der Waals surface area contributed by atoms with Crippen molar-refractivity contribution >= 4 is 11.8 Å². The number of nitrogens with one attached hydrogen (secondary N) is 2. The molecule has 1 atom stereocenters. The maximum atomic E-state index is 11.8. The van der Waals surface area contributed by atoms with Crippen molar-refractivity contribution in [1.82, 2.24) is 10.6 Å². The van der Waals surface area contributed by atoms with Crippen molar-refractivity contribution in [3.8, 4) is 11.5 Å². The molecule has 25 heavy (non-hydrogen) atoms. The molecule has 0 unspecified atom stereocenters. The third-order valence-corrected chi connectivity index (χ3v) is 3.62. The predicted octanol–water partition coefficient (Wildman–Crippen LogP) is 0.517. The summed E-state index contributed by atoms with van der Waals surface area (Å²) in [5.74, 6) is 0.0697. The van der Waals surface area contributed by atoms with Crippen LogP contribution in [0, 0.1) is 0 Å². The number of fused-ring (bicyclic) bond motifs is 1. The Morgan fingerprint density at radius 2 is 1.84 bits per heavy atom. The number of carbonyl (C=O) groups excluding carboxylic acids is 2. The van der Waals surface area contributed by atoms with E-state index in [-0.39, 0.29) is 13.1 Å². The molecular weight excluding hydrogens is 328 g/mol. The van der Waals surface area contributed by atoms with Gasteiger partial charge in [-0.15, -0.1) is 0 Å². The van der Waals surface area contributed by atoms with Crippen LogP contribution in [0.2, 0.25) is 0 Å². The van der Waals surface area contributed by atoms with Crippen LogP contribution < -0.4 is 20.1 Å². The Morgan fingerprint density at radius 1 is 1.08 bits per heavy atom. The highest BCUT2D eigenvalue weighted by atomic mass is 16.6. The number of benzene rings is 1. The first kappa shape index (κ1) is 16.8. The number of hydrogen-bond acceptors (Lipinski definition) is 6. The summed E-state index contributed by atoms with van der Waals surface area (Å²) in [4.78, 5) is 23.5. The van der Waals surface area contributed by atoms with E-state index in [4.69, 9.17) is 13.9 Å². The van der Waals surface area contributed by atoms with Crippen molar-refractivity contribution in [3.05, 3.63) is 47.9 Å². The highest BCUT2D eigenvalue weighted by molar-refractivity contribution is 6.35. The van der Waals surface area contributed by atoms with Crippen molar-refractivity contribution in [1.29, 1.82) is 0 Å². The van der Waals surface area contributed by atoms with Crippen LogP contribution in [-0.4, -0.2) is 36.7 Å². The first-order chi connectivity index (χ1) is 12.1. The summed E-state index contributed by atoms with van der Waals surface area (Å²) >= 11 is 0. The largest absolute Gasteiger partial charge is 0.486 e. The van der Waals surface area contributed by atoms with Gasteiger partial charge in [-0.05, 0) is 29.8 Å². The fourth-order valence-corrected chi connectivity index (χ4v) is 2.32. The van der Waals surface area contributed by atoms with Gasteiger partial charge >= 0.3 is 11.8 Å². The first-order valence-electron chi connectivity index (χ1n) is 7.79. The van der Waals surface area contributed by atoms with Crippen molar-refractivity contribution < 1.29 is 28.6 Å². The number of amides is 2.